The first-order valence-corrected chi connectivity index (χ1v) is 7.99. The SMILES string of the molecule is Cc1ccc(C(CN)Oc2ccc(Cl)c3ccccc23)s1. The highest BCUT2D eigenvalue weighted by molar-refractivity contribution is 7.12. The number of aryl methyl sites for hydroxylation is 1. The molecule has 3 rings (SSSR count). The monoisotopic (exact) mass is 317 g/mol. The third kappa shape index (κ3) is 2.91. The molecular weight excluding hydrogens is 302 g/mol. The minimum absolute atomic E-state index is 0.131. The summed E-state index contributed by atoms with van der Waals surface area (Å²) in [4.78, 5) is 2.40. The third-order valence-corrected chi connectivity index (χ3v) is 4.81. The molecule has 0 spiro atoms. The number of ether oxygens (including phenoxy) is 1. The summed E-state index contributed by atoms with van der Waals surface area (Å²) in [5, 5.41) is 2.74. The summed E-state index contributed by atoms with van der Waals surface area (Å²) in [5.41, 5.74) is 5.89. The van der Waals surface area contributed by atoms with Crippen molar-refractivity contribution in [1.82, 2.24) is 0 Å². The van der Waals surface area contributed by atoms with Crippen molar-refractivity contribution in [2.24, 2.45) is 5.73 Å². The van der Waals surface area contributed by atoms with Gasteiger partial charge in [-0.15, -0.1) is 11.3 Å². The molecule has 21 heavy (non-hydrogen) atoms. The van der Waals surface area contributed by atoms with Crippen molar-refractivity contribution in [3.8, 4) is 5.75 Å². The highest BCUT2D eigenvalue weighted by Crippen LogP contribution is 2.34. The van der Waals surface area contributed by atoms with E-state index in [4.69, 9.17) is 22.1 Å². The van der Waals surface area contributed by atoms with E-state index in [0.29, 0.717) is 6.54 Å². The van der Waals surface area contributed by atoms with Gasteiger partial charge in [-0.05, 0) is 31.2 Å². The van der Waals surface area contributed by atoms with Crippen LogP contribution in [0, 0.1) is 6.92 Å². The van der Waals surface area contributed by atoms with Crippen LogP contribution < -0.4 is 10.5 Å². The topological polar surface area (TPSA) is 35.2 Å². The molecule has 0 saturated heterocycles. The molecule has 0 aliphatic heterocycles. The molecule has 2 nitrogen and oxygen atoms in total. The number of benzene rings is 2. The lowest BCUT2D eigenvalue weighted by molar-refractivity contribution is 0.221. The van der Waals surface area contributed by atoms with Crippen LogP contribution in [-0.4, -0.2) is 6.54 Å². The van der Waals surface area contributed by atoms with Gasteiger partial charge in [0.25, 0.3) is 0 Å². The highest BCUT2D eigenvalue weighted by Gasteiger charge is 2.15. The van der Waals surface area contributed by atoms with Gasteiger partial charge >= 0.3 is 0 Å². The van der Waals surface area contributed by atoms with E-state index in [1.54, 1.807) is 11.3 Å². The predicted octanol–water partition coefficient (Wildman–Crippen LogP) is 4.94. The molecule has 1 unspecified atom stereocenters. The van der Waals surface area contributed by atoms with Crippen molar-refractivity contribution in [3.63, 3.8) is 0 Å². The third-order valence-electron chi connectivity index (χ3n) is 3.39. The van der Waals surface area contributed by atoms with E-state index < -0.39 is 0 Å². The first-order valence-electron chi connectivity index (χ1n) is 6.79. The van der Waals surface area contributed by atoms with Crippen molar-refractivity contribution in [3.05, 3.63) is 63.3 Å². The van der Waals surface area contributed by atoms with Gasteiger partial charge in [-0.1, -0.05) is 35.9 Å². The first kappa shape index (κ1) is 14.4. The quantitative estimate of drug-likeness (QED) is 0.739. The molecule has 0 fully saturated rings. The van der Waals surface area contributed by atoms with Gasteiger partial charge < -0.3 is 10.5 Å². The number of nitrogens with two attached hydrogens (primary N) is 1. The second-order valence-corrected chi connectivity index (χ2v) is 6.61. The molecule has 2 N–H and O–H groups in total. The molecule has 1 atom stereocenters. The Morgan fingerprint density at radius 2 is 1.86 bits per heavy atom. The van der Waals surface area contributed by atoms with Gasteiger partial charge in [0.1, 0.15) is 11.9 Å². The number of hydrogen-bond acceptors (Lipinski definition) is 3. The van der Waals surface area contributed by atoms with E-state index in [1.807, 2.05) is 36.4 Å². The first-order chi connectivity index (χ1) is 10.2. The van der Waals surface area contributed by atoms with Crippen LogP contribution in [0.15, 0.2) is 48.5 Å². The Morgan fingerprint density at radius 3 is 2.52 bits per heavy atom. The van der Waals surface area contributed by atoms with Crippen molar-refractivity contribution in [2.75, 3.05) is 6.54 Å². The number of fused-ring (bicyclic) bond motifs is 1. The van der Waals surface area contributed by atoms with Crippen molar-refractivity contribution in [2.45, 2.75) is 13.0 Å². The number of rotatable bonds is 4. The van der Waals surface area contributed by atoms with E-state index in [9.17, 15) is 0 Å². The molecule has 0 radical (unpaired) electrons. The van der Waals surface area contributed by atoms with Crippen LogP contribution in [0.3, 0.4) is 0 Å². The van der Waals surface area contributed by atoms with Gasteiger partial charge in [0.05, 0.1) is 0 Å². The van der Waals surface area contributed by atoms with Crippen molar-refractivity contribution >= 4 is 33.7 Å². The Morgan fingerprint density at radius 1 is 1.10 bits per heavy atom. The van der Waals surface area contributed by atoms with Crippen LogP contribution in [-0.2, 0) is 0 Å². The molecule has 2 aromatic carbocycles. The fraction of sp³-hybridized carbons (Fsp3) is 0.176. The summed E-state index contributed by atoms with van der Waals surface area (Å²) in [6.07, 6.45) is -0.131. The molecule has 1 heterocycles. The highest BCUT2D eigenvalue weighted by atomic mass is 35.5. The Kier molecular flexibility index (Phi) is 4.15. The summed E-state index contributed by atoms with van der Waals surface area (Å²) in [6, 6.07) is 15.9. The summed E-state index contributed by atoms with van der Waals surface area (Å²) < 4.78 is 6.16. The zero-order valence-electron chi connectivity index (χ0n) is 11.7. The van der Waals surface area contributed by atoms with Gasteiger partial charge in [-0.2, -0.15) is 0 Å². The van der Waals surface area contributed by atoms with Gasteiger partial charge in [-0.25, -0.2) is 0 Å². The molecule has 1 aromatic heterocycles. The Hall–Kier alpha value is -1.55. The van der Waals surface area contributed by atoms with E-state index in [0.717, 1.165) is 26.4 Å². The van der Waals surface area contributed by atoms with E-state index in [-0.39, 0.29) is 6.10 Å². The van der Waals surface area contributed by atoms with Gasteiger partial charge in [0, 0.05) is 32.1 Å². The smallest absolute Gasteiger partial charge is 0.145 e. The molecule has 0 saturated carbocycles. The minimum Gasteiger partial charge on any atom is -0.483 e. The largest absolute Gasteiger partial charge is 0.483 e. The van der Waals surface area contributed by atoms with Crippen LogP contribution >= 0.6 is 22.9 Å². The van der Waals surface area contributed by atoms with Gasteiger partial charge in [0.2, 0.25) is 0 Å². The Labute approximate surface area is 133 Å². The van der Waals surface area contributed by atoms with Crippen molar-refractivity contribution < 1.29 is 4.74 Å². The van der Waals surface area contributed by atoms with Crippen LogP contribution in [0.2, 0.25) is 5.02 Å². The standard InChI is InChI=1S/C17H16ClNOS/c1-11-6-9-17(21-11)16(10-19)20-15-8-7-14(18)12-4-2-3-5-13(12)15/h2-9,16H,10,19H2,1H3. The second kappa shape index (κ2) is 6.06. The molecule has 0 amide bonds. The summed E-state index contributed by atoms with van der Waals surface area (Å²) in [7, 11) is 0. The maximum absolute atomic E-state index is 6.24. The molecule has 0 aliphatic carbocycles. The Bertz CT molecular complexity index is 768. The van der Waals surface area contributed by atoms with Crippen molar-refractivity contribution in [1.29, 1.82) is 0 Å². The van der Waals surface area contributed by atoms with Crippen LogP contribution in [0.1, 0.15) is 15.9 Å². The lowest BCUT2D eigenvalue weighted by atomic mass is 10.1. The van der Waals surface area contributed by atoms with Crippen LogP contribution in [0.5, 0.6) is 5.75 Å². The summed E-state index contributed by atoms with van der Waals surface area (Å²) >= 11 is 7.96. The zero-order chi connectivity index (χ0) is 14.8. The molecular formula is C17H16ClNOS. The second-order valence-electron chi connectivity index (χ2n) is 4.88. The van der Waals surface area contributed by atoms with E-state index >= 15 is 0 Å². The fourth-order valence-electron chi connectivity index (χ4n) is 2.34. The minimum atomic E-state index is -0.131. The summed E-state index contributed by atoms with van der Waals surface area (Å²) in [6.45, 7) is 2.52. The number of thiophene rings is 1. The zero-order valence-corrected chi connectivity index (χ0v) is 13.2. The molecule has 3 aromatic rings. The normalized spacial score (nSPS) is 12.5. The molecule has 0 aliphatic rings. The molecule has 4 heteroatoms. The fourth-order valence-corrected chi connectivity index (χ4v) is 3.49. The van der Waals surface area contributed by atoms with E-state index in [2.05, 4.69) is 19.1 Å². The maximum atomic E-state index is 6.24. The number of hydrogen-bond donors (Lipinski definition) is 1. The number of halogens is 1. The average Bonchev–Trinajstić information content (AvgIpc) is 2.93. The molecule has 0 bridgehead atoms. The van der Waals surface area contributed by atoms with Gasteiger partial charge in [-0.3, -0.25) is 0 Å². The Balaban J connectivity index is 1.99. The lowest BCUT2D eigenvalue weighted by Gasteiger charge is -2.18. The average molecular weight is 318 g/mol. The van der Waals surface area contributed by atoms with Gasteiger partial charge in [0.15, 0.2) is 0 Å². The maximum Gasteiger partial charge on any atom is 0.145 e. The van der Waals surface area contributed by atoms with Crippen LogP contribution in [0.4, 0.5) is 0 Å². The van der Waals surface area contributed by atoms with E-state index in [1.165, 1.54) is 4.88 Å². The molecule has 108 valence electrons. The summed E-state index contributed by atoms with van der Waals surface area (Å²) in [5.74, 6) is 0.816. The predicted molar refractivity (Wildman–Crippen MR) is 90.4 cm³/mol. The van der Waals surface area contributed by atoms with Crippen LogP contribution in [0.25, 0.3) is 10.8 Å². The lowest BCUT2D eigenvalue weighted by Crippen LogP contribution is -2.17.